The predicted octanol–water partition coefficient (Wildman–Crippen LogP) is 1.85. The molecule has 0 spiro atoms. The van der Waals surface area contributed by atoms with Crippen LogP contribution in [-0.4, -0.2) is 12.3 Å². The van der Waals surface area contributed by atoms with Crippen LogP contribution < -0.4 is 5.73 Å². The Morgan fingerprint density at radius 3 is 2.50 bits per heavy atom. The Morgan fingerprint density at radius 2 is 2.00 bits per heavy atom. The number of carbonyl (C=O) groups excluding carboxylic acids is 1. The van der Waals surface area contributed by atoms with Gasteiger partial charge in [0.25, 0.3) is 0 Å². The van der Waals surface area contributed by atoms with Crippen LogP contribution in [0.3, 0.4) is 0 Å². The van der Waals surface area contributed by atoms with Crippen LogP contribution in [0.1, 0.15) is 10.4 Å². The lowest BCUT2D eigenvalue weighted by Crippen LogP contribution is -2.14. The second-order valence-electron chi connectivity index (χ2n) is 2.11. The van der Waals surface area contributed by atoms with Gasteiger partial charge in [0.1, 0.15) is 0 Å². The first kappa shape index (κ1) is 11.9. The van der Waals surface area contributed by atoms with Crippen molar-refractivity contribution in [3.05, 3.63) is 33.4 Å². The van der Waals surface area contributed by atoms with Crippen LogP contribution in [0.2, 0.25) is 0 Å². The van der Waals surface area contributed by atoms with E-state index in [9.17, 15) is 4.79 Å². The molecule has 0 unspecified atom stereocenters. The molecule has 1 aromatic rings. The summed E-state index contributed by atoms with van der Waals surface area (Å²) < 4.78 is 0.959. The standard InChI is InChI=1S/C8H8INO.ClH/c9-7-4-2-1-3-6(7)8(11)5-10;/h1-4H,5,10H2;1H. The molecule has 1 rings (SSSR count). The summed E-state index contributed by atoms with van der Waals surface area (Å²) in [6.07, 6.45) is 0. The Balaban J connectivity index is 0.00000121. The average molecular weight is 298 g/mol. The minimum atomic E-state index is -0.00463. The second-order valence-corrected chi connectivity index (χ2v) is 3.27. The van der Waals surface area contributed by atoms with Gasteiger partial charge in [-0.15, -0.1) is 12.4 Å². The highest BCUT2D eigenvalue weighted by Crippen LogP contribution is 2.11. The van der Waals surface area contributed by atoms with E-state index in [-0.39, 0.29) is 24.7 Å². The van der Waals surface area contributed by atoms with Crippen molar-refractivity contribution in [2.45, 2.75) is 0 Å². The van der Waals surface area contributed by atoms with Gasteiger partial charge in [0.2, 0.25) is 0 Å². The molecule has 0 saturated heterocycles. The van der Waals surface area contributed by atoms with Crippen molar-refractivity contribution in [3.8, 4) is 0 Å². The Bertz CT molecular complexity index is 278. The minimum Gasteiger partial charge on any atom is -0.324 e. The molecular weight excluding hydrogens is 288 g/mol. The van der Waals surface area contributed by atoms with Gasteiger partial charge in [0.15, 0.2) is 5.78 Å². The fourth-order valence-corrected chi connectivity index (χ4v) is 1.49. The monoisotopic (exact) mass is 297 g/mol. The number of Topliss-reactive ketones (excluding diaryl/α,β-unsaturated/α-hetero) is 1. The van der Waals surface area contributed by atoms with Gasteiger partial charge in [-0.2, -0.15) is 0 Å². The Morgan fingerprint density at radius 1 is 1.42 bits per heavy atom. The van der Waals surface area contributed by atoms with Crippen molar-refractivity contribution < 1.29 is 4.79 Å². The zero-order valence-corrected chi connectivity index (χ0v) is 9.26. The van der Waals surface area contributed by atoms with E-state index in [1.165, 1.54) is 0 Å². The van der Waals surface area contributed by atoms with Gasteiger partial charge in [0, 0.05) is 9.13 Å². The zero-order chi connectivity index (χ0) is 8.27. The highest BCUT2D eigenvalue weighted by molar-refractivity contribution is 14.1. The van der Waals surface area contributed by atoms with Crippen LogP contribution in [-0.2, 0) is 0 Å². The SMILES string of the molecule is Cl.NCC(=O)c1ccccc1I. The number of hydrogen-bond acceptors (Lipinski definition) is 2. The fraction of sp³-hybridized carbons (Fsp3) is 0.125. The molecule has 0 saturated carbocycles. The zero-order valence-electron chi connectivity index (χ0n) is 6.29. The first-order valence-electron chi connectivity index (χ1n) is 3.23. The van der Waals surface area contributed by atoms with Gasteiger partial charge in [0.05, 0.1) is 6.54 Å². The number of benzene rings is 1. The quantitative estimate of drug-likeness (QED) is 0.669. The first-order chi connectivity index (χ1) is 5.25. The van der Waals surface area contributed by atoms with Crippen LogP contribution in [0.5, 0.6) is 0 Å². The Kier molecular flexibility index (Phi) is 5.44. The van der Waals surface area contributed by atoms with Crippen molar-refractivity contribution in [1.29, 1.82) is 0 Å². The van der Waals surface area contributed by atoms with Crippen LogP contribution in [0, 0.1) is 3.57 Å². The maximum absolute atomic E-state index is 11.1. The summed E-state index contributed by atoms with van der Waals surface area (Å²) in [4.78, 5) is 11.1. The molecule has 0 aliphatic rings. The van der Waals surface area contributed by atoms with Gasteiger partial charge in [-0.3, -0.25) is 4.79 Å². The molecule has 1 aromatic carbocycles. The maximum Gasteiger partial charge on any atom is 0.177 e. The first-order valence-corrected chi connectivity index (χ1v) is 4.31. The molecule has 0 fully saturated rings. The molecule has 12 heavy (non-hydrogen) atoms. The molecule has 0 heterocycles. The molecule has 0 aliphatic carbocycles. The molecule has 0 amide bonds. The fourth-order valence-electron chi connectivity index (χ4n) is 0.797. The summed E-state index contributed by atoms with van der Waals surface area (Å²) in [6.45, 7) is 0.0833. The number of hydrogen-bond donors (Lipinski definition) is 1. The highest BCUT2D eigenvalue weighted by atomic mass is 127. The summed E-state index contributed by atoms with van der Waals surface area (Å²) in [6, 6.07) is 7.42. The normalized spacial score (nSPS) is 8.83. The van der Waals surface area contributed by atoms with Crippen molar-refractivity contribution in [2.24, 2.45) is 5.73 Å². The minimum absolute atomic E-state index is 0. The van der Waals surface area contributed by atoms with E-state index < -0.39 is 0 Å². The molecule has 0 aromatic heterocycles. The summed E-state index contributed by atoms with van der Waals surface area (Å²) in [5.41, 5.74) is 5.94. The summed E-state index contributed by atoms with van der Waals surface area (Å²) in [5, 5.41) is 0. The molecule has 0 bridgehead atoms. The highest BCUT2D eigenvalue weighted by Gasteiger charge is 2.05. The van der Waals surface area contributed by atoms with E-state index in [4.69, 9.17) is 5.73 Å². The number of halogens is 2. The molecule has 4 heteroatoms. The lowest BCUT2D eigenvalue weighted by molar-refractivity contribution is 0.100. The van der Waals surface area contributed by atoms with Gasteiger partial charge >= 0.3 is 0 Å². The Labute approximate surface area is 91.1 Å². The lowest BCUT2D eigenvalue weighted by Gasteiger charge is -1.98. The van der Waals surface area contributed by atoms with Crippen molar-refractivity contribution in [1.82, 2.24) is 0 Å². The van der Waals surface area contributed by atoms with Crippen molar-refractivity contribution >= 4 is 40.8 Å². The molecule has 0 aliphatic heterocycles. The van der Waals surface area contributed by atoms with E-state index >= 15 is 0 Å². The lowest BCUT2D eigenvalue weighted by atomic mass is 10.1. The van der Waals surface area contributed by atoms with Gasteiger partial charge in [-0.05, 0) is 28.7 Å². The van der Waals surface area contributed by atoms with Gasteiger partial charge in [-0.1, -0.05) is 18.2 Å². The van der Waals surface area contributed by atoms with Gasteiger partial charge in [-0.25, -0.2) is 0 Å². The summed E-state index contributed by atoms with van der Waals surface area (Å²) >= 11 is 2.12. The molecular formula is C8H9ClINO. The molecule has 0 atom stereocenters. The summed E-state index contributed by atoms with van der Waals surface area (Å²) in [5.74, 6) is -0.00463. The Hall–Kier alpha value is -0.130. The number of rotatable bonds is 2. The topological polar surface area (TPSA) is 43.1 Å². The van der Waals surface area contributed by atoms with E-state index in [1.54, 1.807) is 6.07 Å². The average Bonchev–Trinajstić information content (AvgIpc) is 2.04. The molecule has 0 radical (unpaired) electrons. The molecule has 2 nitrogen and oxygen atoms in total. The number of carbonyl (C=O) groups is 1. The smallest absolute Gasteiger partial charge is 0.177 e. The van der Waals surface area contributed by atoms with Crippen LogP contribution in [0.25, 0.3) is 0 Å². The number of nitrogens with two attached hydrogens (primary N) is 1. The third-order valence-electron chi connectivity index (χ3n) is 1.36. The summed E-state index contributed by atoms with van der Waals surface area (Å²) in [7, 11) is 0. The van der Waals surface area contributed by atoms with Crippen LogP contribution in [0.4, 0.5) is 0 Å². The molecule has 66 valence electrons. The van der Waals surface area contributed by atoms with Crippen LogP contribution >= 0.6 is 35.0 Å². The maximum atomic E-state index is 11.1. The third kappa shape index (κ3) is 2.73. The van der Waals surface area contributed by atoms with Crippen molar-refractivity contribution in [3.63, 3.8) is 0 Å². The predicted molar refractivity (Wildman–Crippen MR) is 59.8 cm³/mol. The van der Waals surface area contributed by atoms with E-state index in [1.807, 2.05) is 18.2 Å². The van der Waals surface area contributed by atoms with Gasteiger partial charge < -0.3 is 5.73 Å². The van der Waals surface area contributed by atoms with E-state index in [0.29, 0.717) is 0 Å². The van der Waals surface area contributed by atoms with Crippen molar-refractivity contribution in [2.75, 3.05) is 6.54 Å². The second kappa shape index (κ2) is 5.50. The van der Waals surface area contributed by atoms with Crippen LogP contribution in [0.15, 0.2) is 24.3 Å². The van der Waals surface area contributed by atoms with E-state index in [0.717, 1.165) is 9.13 Å². The third-order valence-corrected chi connectivity index (χ3v) is 2.30. The largest absolute Gasteiger partial charge is 0.324 e. The molecule has 2 N–H and O–H groups in total. The number of ketones is 1. The van der Waals surface area contributed by atoms with E-state index in [2.05, 4.69) is 22.6 Å².